The van der Waals surface area contributed by atoms with E-state index >= 15 is 0 Å². The average Bonchev–Trinajstić information content (AvgIpc) is 3.06. The van der Waals surface area contributed by atoms with Gasteiger partial charge in [-0.1, -0.05) is 29.4 Å². The summed E-state index contributed by atoms with van der Waals surface area (Å²) in [5.41, 5.74) is 4.74. The number of rotatable bonds is 8. The highest BCUT2D eigenvalue weighted by Gasteiger charge is 2.13. The Morgan fingerprint density at radius 1 is 1.13 bits per heavy atom. The number of morpholine rings is 1. The van der Waals surface area contributed by atoms with E-state index in [-0.39, 0.29) is 24.0 Å². The van der Waals surface area contributed by atoms with Gasteiger partial charge in [-0.25, -0.2) is 4.99 Å². The second-order valence-electron chi connectivity index (χ2n) is 7.33. The Morgan fingerprint density at radius 2 is 1.87 bits per heavy atom. The van der Waals surface area contributed by atoms with Crippen molar-refractivity contribution in [3.8, 4) is 0 Å². The third-order valence-electron chi connectivity index (χ3n) is 5.22. The average molecular weight is 527 g/mol. The molecule has 30 heavy (non-hydrogen) atoms. The van der Waals surface area contributed by atoms with Gasteiger partial charge in [-0.15, -0.1) is 24.0 Å². The number of hydrogen-bond acceptors (Lipinski definition) is 5. The number of guanidine groups is 1. The van der Waals surface area contributed by atoms with Crippen molar-refractivity contribution in [3.63, 3.8) is 0 Å². The first kappa shape index (κ1) is 24.6. The molecule has 2 heterocycles. The summed E-state index contributed by atoms with van der Waals surface area (Å²) in [4.78, 5) is 7.26. The van der Waals surface area contributed by atoms with Crippen molar-refractivity contribution in [1.29, 1.82) is 0 Å². The molecule has 1 saturated heterocycles. The number of aromatic nitrogens is 1. The predicted octanol–water partition coefficient (Wildman–Crippen LogP) is 3.04. The van der Waals surface area contributed by atoms with Crippen LogP contribution in [0.3, 0.4) is 0 Å². The van der Waals surface area contributed by atoms with E-state index in [1.807, 2.05) is 13.8 Å². The molecule has 0 atom stereocenters. The Morgan fingerprint density at radius 3 is 2.53 bits per heavy atom. The zero-order valence-electron chi connectivity index (χ0n) is 18.2. The number of halogens is 1. The lowest BCUT2D eigenvalue weighted by atomic mass is 10.1. The van der Waals surface area contributed by atoms with Crippen LogP contribution in [0, 0.1) is 13.8 Å². The van der Waals surface area contributed by atoms with E-state index in [1.54, 1.807) is 0 Å². The van der Waals surface area contributed by atoms with Gasteiger partial charge in [0, 0.05) is 38.3 Å². The lowest BCUT2D eigenvalue weighted by Crippen LogP contribution is -2.38. The lowest BCUT2D eigenvalue weighted by Gasteiger charge is -2.27. The molecule has 1 aromatic carbocycles. The number of nitrogens with one attached hydrogen (secondary N) is 2. The molecular formula is C22H34IN5O2. The maximum Gasteiger partial charge on any atom is 0.191 e. The molecule has 2 N–H and O–H groups in total. The zero-order valence-corrected chi connectivity index (χ0v) is 20.6. The summed E-state index contributed by atoms with van der Waals surface area (Å²) in [7, 11) is 0. The van der Waals surface area contributed by atoms with Gasteiger partial charge in [0.25, 0.3) is 0 Å². The number of nitrogens with zero attached hydrogens (tertiary/aromatic N) is 3. The van der Waals surface area contributed by atoms with Gasteiger partial charge in [0.05, 0.1) is 25.5 Å². The molecular weight excluding hydrogens is 493 g/mol. The minimum Gasteiger partial charge on any atom is -0.379 e. The minimum absolute atomic E-state index is 0. The maximum atomic E-state index is 5.46. The second-order valence-corrected chi connectivity index (χ2v) is 7.33. The molecule has 2 aromatic rings. The Hall–Kier alpha value is -1.65. The van der Waals surface area contributed by atoms with E-state index < -0.39 is 0 Å². The molecule has 8 heteroatoms. The molecule has 1 aliphatic rings. The van der Waals surface area contributed by atoms with E-state index in [4.69, 9.17) is 14.3 Å². The largest absolute Gasteiger partial charge is 0.379 e. The molecule has 3 rings (SSSR count). The Labute approximate surface area is 196 Å². The van der Waals surface area contributed by atoms with Crippen molar-refractivity contribution in [2.45, 2.75) is 40.3 Å². The molecule has 0 saturated carbocycles. The number of hydrogen-bond donors (Lipinski definition) is 2. The summed E-state index contributed by atoms with van der Waals surface area (Å²) in [6.07, 6.45) is 0.860. The second kappa shape index (κ2) is 12.9. The van der Waals surface area contributed by atoms with Crippen molar-refractivity contribution in [1.82, 2.24) is 20.7 Å². The molecule has 1 aromatic heterocycles. The van der Waals surface area contributed by atoms with Gasteiger partial charge in [-0.2, -0.15) is 0 Å². The highest BCUT2D eigenvalue weighted by atomic mass is 127. The van der Waals surface area contributed by atoms with E-state index in [0.717, 1.165) is 69.8 Å². The van der Waals surface area contributed by atoms with Crippen LogP contribution in [0.4, 0.5) is 0 Å². The Kier molecular flexibility index (Phi) is 10.6. The van der Waals surface area contributed by atoms with Gasteiger partial charge in [0.1, 0.15) is 5.76 Å². The normalized spacial score (nSPS) is 15.0. The van der Waals surface area contributed by atoms with Crippen LogP contribution in [0.1, 0.15) is 35.1 Å². The molecule has 1 aliphatic heterocycles. The fourth-order valence-electron chi connectivity index (χ4n) is 3.54. The van der Waals surface area contributed by atoms with Crippen molar-refractivity contribution in [2.24, 2.45) is 4.99 Å². The standard InChI is InChI=1S/C22H33N5O2.HI/c1-4-23-22(24-10-9-21-17(2)26-29-18(21)3)25-15-19-7-5-6-8-20(19)16-27-11-13-28-14-12-27;/h5-8H,4,9-16H2,1-3H3,(H2,23,24,25);1H. The summed E-state index contributed by atoms with van der Waals surface area (Å²) in [6.45, 7) is 12.9. The van der Waals surface area contributed by atoms with Crippen LogP contribution in [0.25, 0.3) is 0 Å². The minimum atomic E-state index is 0. The first-order valence-electron chi connectivity index (χ1n) is 10.5. The summed E-state index contributed by atoms with van der Waals surface area (Å²) >= 11 is 0. The molecule has 0 bridgehead atoms. The molecule has 0 radical (unpaired) electrons. The lowest BCUT2D eigenvalue weighted by molar-refractivity contribution is 0.0341. The number of aryl methyl sites for hydroxylation is 2. The molecule has 1 fully saturated rings. The highest BCUT2D eigenvalue weighted by Crippen LogP contribution is 2.14. The summed E-state index contributed by atoms with van der Waals surface area (Å²) in [5, 5.41) is 10.8. The van der Waals surface area contributed by atoms with Crippen LogP contribution in [-0.2, 0) is 24.2 Å². The van der Waals surface area contributed by atoms with Crippen molar-refractivity contribution in [2.75, 3.05) is 39.4 Å². The SMILES string of the molecule is CCNC(=NCc1ccccc1CN1CCOCC1)NCCc1c(C)noc1C.I. The van der Waals surface area contributed by atoms with E-state index in [2.05, 4.69) is 51.9 Å². The smallest absolute Gasteiger partial charge is 0.191 e. The molecule has 0 unspecified atom stereocenters. The molecule has 166 valence electrons. The first-order valence-corrected chi connectivity index (χ1v) is 10.5. The third kappa shape index (κ3) is 7.24. The molecule has 0 spiro atoms. The number of benzene rings is 1. The summed E-state index contributed by atoms with van der Waals surface area (Å²) in [5.74, 6) is 1.73. The highest BCUT2D eigenvalue weighted by molar-refractivity contribution is 14.0. The number of aliphatic imine (C=N–C) groups is 1. The van der Waals surface area contributed by atoms with E-state index in [0.29, 0.717) is 6.54 Å². The van der Waals surface area contributed by atoms with Crippen LogP contribution in [0.2, 0.25) is 0 Å². The Bertz CT molecular complexity index is 783. The van der Waals surface area contributed by atoms with Gasteiger partial charge in [-0.05, 0) is 38.3 Å². The van der Waals surface area contributed by atoms with Gasteiger partial charge >= 0.3 is 0 Å². The van der Waals surface area contributed by atoms with Gasteiger partial charge < -0.3 is 19.9 Å². The first-order chi connectivity index (χ1) is 14.2. The quantitative estimate of drug-likeness (QED) is 0.313. The molecule has 0 aliphatic carbocycles. The summed E-state index contributed by atoms with van der Waals surface area (Å²) in [6, 6.07) is 8.58. The van der Waals surface area contributed by atoms with Crippen LogP contribution in [0.15, 0.2) is 33.8 Å². The maximum absolute atomic E-state index is 5.46. The fourth-order valence-corrected chi connectivity index (χ4v) is 3.54. The van der Waals surface area contributed by atoms with Gasteiger partial charge in [0.2, 0.25) is 0 Å². The fraction of sp³-hybridized carbons (Fsp3) is 0.545. The van der Waals surface area contributed by atoms with Crippen LogP contribution in [0.5, 0.6) is 0 Å². The monoisotopic (exact) mass is 527 g/mol. The summed E-state index contributed by atoms with van der Waals surface area (Å²) < 4.78 is 10.7. The van der Waals surface area contributed by atoms with Gasteiger partial charge in [0.15, 0.2) is 5.96 Å². The van der Waals surface area contributed by atoms with E-state index in [9.17, 15) is 0 Å². The zero-order chi connectivity index (χ0) is 20.5. The van der Waals surface area contributed by atoms with Crippen LogP contribution in [-0.4, -0.2) is 55.4 Å². The van der Waals surface area contributed by atoms with Crippen LogP contribution >= 0.6 is 24.0 Å². The topological polar surface area (TPSA) is 74.9 Å². The van der Waals surface area contributed by atoms with E-state index in [1.165, 1.54) is 16.7 Å². The van der Waals surface area contributed by atoms with Crippen molar-refractivity contribution >= 4 is 29.9 Å². The number of ether oxygens (including phenoxy) is 1. The molecule has 7 nitrogen and oxygen atoms in total. The van der Waals surface area contributed by atoms with Gasteiger partial charge in [-0.3, -0.25) is 4.90 Å². The van der Waals surface area contributed by atoms with Crippen LogP contribution < -0.4 is 10.6 Å². The van der Waals surface area contributed by atoms with Crippen molar-refractivity contribution in [3.05, 3.63) is 52.4 Å². The predicted molar refractivity (Wildman–Crippen MR) is 130 cm³/mol. The Balaban J connectivity index is 0.00000320. The van der Waals surface area contributed by atoms with Crippen molar-refractivity contribution < 1.29 is 9.26 Å². The molecule has 0 amide bonds. The third-order valence-corrected chi connectivity index (χ3v) is 5.22.